The molecule has 1 saturated heterocycles. The summed E-state index contributed by atoms with van der Waals surface area (Å²) in [4.78, 5) is 41.0. The summed E-state index contributed by atoms with van der Waals surface area (Å²) in [6.45, 7) is 0.418. The Morgan fingerprint density at radius 1 is 1.03 bits per heavy atom. The molecular formula is C23H19N3O3S. The minimum Gasteiger partial charge on any atom is -0.346 e. The largest absolute Gasteiger partial charge is 0.346 e. The molecule has 3 heterocycles. The van der Waals surface area contributed by atoms with Crippen molar-refractivity contribution in [2.24, 2.45) is 0 Å². The van der Waals surface area contributed by atoms with Crippen molar-refractivity contribution in [1.82, 2.24) is 10.2 Å². The van der Waals surface area contributed by atoms with E-state index in [1.165, 1.54) is 11.3 Å². The van der Waals surface area contributed by atoms with Crippen LogP contribution in [0.5, 0.6) is 0 Å². The van der Waals surface area contributed by atoms with Crippen molar-refractivity contribution in [1.29, 1.82) is 0 Å². The van der Waals surface area contributed by atoms with E-state index in [4.69, 9.17) is 0 Å². The second kappa shape index (κ2) is 7.42. The first-order valence-corrected chi connectivity index (χ1v) is 10.7. The molecule has 0 radical (unpaired) electrons. The van der Waals surface area contributed by atoms with Gasteiger partial charge in [-0.1, -0.05) is 42.5 Å². The van der Waals surface area contributed by atoms with Crippen molar-refractivity contribution in [2.45, 2.75) is 18.5 Å². The van der Waals surface area contributed by atoms with Gasteiger partial charge >= 0.3 is 0 Å². The quantitative estimate of drug-likeness (QED) is 0.686. The number of carbonyl (C=O) groups excluding carboxylic acids is 3. The molecule has 3 amide bonds. The molecule has 0 bridgehead atoms. The molecule has 2 aromatic carbocycles. The van der Waals surface area contributed by atoms with Crippen LogP contribution in [-0.4, -0.2) is 41.2 Å². The molecule has 2 aliphatic heterocycles. The Morgan fingerprint density at radius 3 is 2.63 bits per heavy atom. The molecule has 30 heavy (non-hydrogen) atoms. The lowest BCUT2D eigenvalue weighted by Gasteiger charge is -2.24. The molecule has 150 valence electrons. The van der Waals surface area contributed by atoms with E-state index in [0.717, 1.165) is 11.1 Å². The van der Waals surface area contributed by atoms with Gasteiger partial charge in [-0.15, -0.1) is 11.3 Å². The summed E-state index contributed by atoms with van der Waals surface area (Å²) in [7, 11) is 0. The Balaban J connectivity index is 1.44. The zero-order valence-electron chi connectivity index (χ0n) is 16.0. The Bertz CT molecular complexity index is 1130. The molecule has 0 saturated carbocycles. The SMILES string of the molecule is O=C(NC1CCN2C(=O)c3cc(-c4ccccc4)ccc3NC(=O)C12)c1cccs1. The predicted molar refractivity (Wildman–Crippen MR) is 116 cm³/mol. The maximum absolute atomic E-state index is 13.3. The van der Waals surface area contributed by atoms with Crippen molar-refractivity contribution in [3.8, 4) is 11.1 Å². The van der Waals surface area contributed by atoms with Crippen molar-refractivity contribution < 1.29 is 14.4 Å². The normalized spacial score (nSPS) is 20.2. The van der Waals surface area contributed by atoms with Crippen LogP contribution in [0.4, 0.5) is 5.69 Å². The number of hydrogen-bond acceptors (Lipinski definition) is 4. The maximum Gasteiger partial charge on any atom is 0.261 e. The first kappa shape index (κ1) is 18.6. The Morgan fingerprint density at radius 2 is 1.87 bits per heavy atom. The van der Waals surface area contributed by atoms with E-state index in [-0.39, 0.29) is 17.7 Å². The van der Waals surface area contributed by atoms with Crippen LogP contribution in [0, 0.1) is 0 Å². The van der Waals surface area contributed by atoms with E-state index < -0.39 is 12.1 Å². The summed E-state index contributed by atoms with van der Waals surface area (Å²) in [5.74, 6) is -0.687. The second-order valence-electron chi connectivity index (χ2n) is 7.40. The van der Waals surface area contributed by atoms with Crippen LogP contribution in [-0.2, 0) is 4.79 Å². The lowest BCUT2D eigenvalue weighted by Crippen LogP contribution is -2.51. The molecule has 7 heteroatoms. The van der Waals surface area contributed by atoms with E-state index in [9.17, 15) is 14.4 Å². The summed E-state index contributed by atoms with van der Waals surface area (Å²) in [5, 5.41) is 7.66. The van der Waals surface area contributed by atoms with Crippen LogP contribution in [0.1, 0.15) is 26.5 Å². The van der Waals surface area contributed by atoms with Crippen molar-refractivity contribution in [3.05, 3.63) is 76.5 Å². The van der Waals surface area contributed by atoms with Crippen LogP contribution in [0.25, 0.3) is 11.1 Å². The van der Waals surface area contributed by atoms with Crippen LogP contribution < -0.4 is 10.6 Å². The van der Waals surface area contributed by atoms with Gasteiger partial charge in [-0.2, -0.15) is 0 Å². The molecule has 2 atom stereocenters. The second-order valence-corrected chi connectivity index (χ2v) is 8.35. The van der Waals surface area contributed by atoms with Crippen molar-refractivity contribution in [3.63, 3.8) is 0 Å². The molecular weight excluding hydrogens is 398 g/mol. The highest BCUT2D eigenvalue weighted by Gasteiger charge is 2.45. The highest BCUT2D eigenvalue weighted by molar-refractivity contribution is 7.12. The van der Waals surface area contributed by atoms with Gasteiger partial charge in [0.25, 0.3) is 11.8 Å². The van der Waals surface area contributed by atoms with Crippen LogP contribution >= 0.6 is 11.3 Å². The third-order valence-corrected chi connectivity index (χ3v) is 6.47. The van der Waals surface area contributed by atoms with Crippen molar-refractivity contribution in [2.75, 3.05) is 11.9 Å². The average Bonchev–Trinajstić information content (AvgIpc) is 3.42. The highest BCUT2D eigenvalue weighted by Crippen LogP contribution is 2.32. The summed E-state index contributed by atoms with van der Waals surface area (Å²) >= 11 is 1.35. The van der Waals surface area contributed by atoms with Gasteiger partial charge in [-0.25, -0.2) is 0 Å². The molecule has 2 unspecified atom stereocenters. The van der Waals surface area contributed by atoms with Gasteiger partial charge < -0.3 is 15.5 Å². The average molecular weight is 417 g/mol. The van der Waals surface area contributed by atoms with Crippen LogP contribution in [0.2, 0.25) is 0 Å². The van der Waals surface area contributed by atoms with Crippen molar-refractivity contribution >= 4 is 34.7 Å². The standard InChI is InChI=1S/C23H19N3O3S/c27-21(19-7-4-12-30-19)25-18-10-11-26-20(18)22(28)24-17-9-8-15(13-16(17)23(26)29)14-5-2-1-3-6-14/h1-9,12-13,18,20H,10-11H2,(H,24,28)(H,25,27). The Hall–Kier alpha value is -3.45. The highest BCUT2D eigenvalue weighted by atomic mass is 32.1. The lowest BCUT2D eigenvalue weighted by atomic mass is 10.0. The number of nitrogens with one attached hydrogen (secondary N) is 2. The van der Waals surface area contributed by atoms with E-state index in [1.807, 2.05) is 53.9 Å². The smallest absolute Gasteiger partial charge is 0.261 e. The number of rotatable bonds is 3. The number of hydrogen-bond donors (Lipinski definition) is 2. The molecule has 0 spiro atoms. The molecule has 1 aromatic heterocycles. The molecule has 5 rings (SSSR count). The molecule has 3 aromatic rings. The van der Waals surface area contributed by atoms with Gasteiger partial charge in [0.05, 0.1) is 22.2 Å². The first-order chi connectivity index (χ1) is 14.6. The van der Waals surface area contributed by atoms with E-state index >= 15 is 0 Å². The minimum atomic E-state index is -0.728. The lowest BCUT2D eigenvalue weighted by molar-refractivity contribution is -0.120. The number of benzene rings is 2. The topological polar surface area (TPSA) is 78.5 Å². The van der Waals surface area contributed by atoms with Crippen LogP contribution in [0.15, 0.2) is 66.0 Å². The number of carbonyl (C=O) groups is 3. The van der Waals surface area contributed by atoms with Gasteiger partial charge in [0.1, 0.15) is 6.04 Å². The number of nitrogens with zero attached hydrogens (tertiary/aromatic N) is 1. The van der Waals surface area contributed by atoms with Gasteiger partial charge in [0.15, 0.2) is 0 Å². The zero-order valence-corrected chi connectivity index (χ0v) is 16.8. The molecule has 2 N–H and O–H groups in total. The fraction of sp³-hybridized carbons (Fsp3) is 0.174. The first-order valence-electron chi connectivity index (χ1n) is 9.77. The summed E-state index contributed by atoms with van der Waals surface area (Å²) in [6.07, 6.45) is 0.536. The van der Waals surface area contributed by atoms with Crippen LogP contribution in [0.3, 0.4) is 0 Å². The molecule has 1 fully saturated rings. The molecule has 6 nitrogen and oxygen atoms in total. The Labute approximate surface area is 177 Å². The summed E-state index contributed by atoms with van der Waals surface area (Å²) in [5.41, 5.74) is 2.89. The molecule has 2 aliphatic rings. The maximum atomic E-state index is 13.3. The van der Waals surface area contributed by atoms with Gasteiger partial charge in [-0.3, -0.25) is 14.4 Å². The van der Waals surface area contributed by atoms with E-state index in [0.29, 0.717) is 29.1 Å². The number of fused-ring (bicyclic) bond motifs is 2. The molecule has 0 aliphatic carbocycles. The number of anilines is 1. The zero-order chi connectivity index (χ0) is 20.7. The fourth-order valence-electron chi connectivity index (χ4n) is 4.14. The third kappa shape index (κ3) is 3.17. The van der Waals surface area contributed by atoms with E-state index in [1.54, 1.807) is 17.0 Å². The number of thiophene rings is 1. The summed E-state index contributed by atoms with van der Waals surface area (Å²) < 4.78 is 0. The Kier molecular flexibility index (Phi) is 4.59. The summed E-state index contributed by atoms with van der Waals surface area (Å²) in [6, 6.07) is 17.7. The fourth-order valence-corrected chi connectivity index (χ4v) is 4.77. The monoisotopic (exact) mass is 417 g/mol. The van der Waals surface area contributed by atoms with Gasteiger partial charge in [-0.05, 0) is 41.1 Å². The third-order valence-electron chi connectivity index (χ3n) is 5.60. The minimum absolute atomic E-state index is 0.195. The van der Waals surface area contributed by atoms with Gasteiger partial charge in [0.2, 0.25) is 5.91 Å². The van der Waals surface area contributed by atoms with E-state index in [2.05, 4.69) is 10.6 Å². The predicted octanol–water partition coefficient (Wildman–Crippen LogP) is 3.38. The number of amides is 3. The van der Waals surface area contributed by atoms with Gasteiger partial charge in [0, 0.05) is 6.54 Å².